The van der Waals surface area contributed by atoms with Crippen LogP contribution in [0.1, 0.15) is 29.5 Å². The molecule has 1 fully saturated rings. The van der Waals surface area contributed by atoms with Gasteiger partial charge in [-0.2, -0.15) is 22.0 Å². The third-order valence-corrected chi connectivity index (χ3v) is 7.62. The van der Waals surface area contributed by atoms with Gasteiger partial charge in [-0.15, -0.1) is 0 Å². The number of likely N-dealkylation sites (tertiary alicyclic amines) is 1. The monoisotopic (exact) mass is 562 g/mol. The lowest BCUT2D eigenvalue weighted by atomic mass is 9.95. The second kappa shape index (κ2) is 10.6. The number of nitrogens with zero attached hydrogens (tertiary/aromatic N) is 1. The zero-order valence-electron chi connectivity index (χ0n) is 21.2. The molecule has 5 rings (SSSR count). The lowest BCUT2D eigenvalue weighted by Gasteiger charge is -2.32. The van der Waals surface area contributed by atoms with Crippen LogP contribution < -0.4 is 10.6 Å². The molecule has 2 aliphatic heterocycles. The van der Waals surface area contributed by atoms with Gasteiger partial charge in [0, 0.05) is 36.6 Å². The highest BCUT2D eigenvalue weighted by atomic mass is 19.4. The molecule has 0 radical (unpaired) electrons. The number of ketones is 1. The van der Waals surface area contributed by atoms with Gasteiger partial charge in [0.15, 0.2) is 0 Å². The number of alkyl halides is 5. The molecule has 12 heteroatoms. The molecule has 2 unspecified atom stereocenters. The molecule has 2 aliphatic rings. The molecule has 3 N–H and O–H groups in total. The summed E-state index contributed by atoms with van der Waals surface area (Å²) in [5.74, 6) is -9.45. The van der Waals surface area contributed by atoms with Crippen LogP contribution in [-0.2, 0) is 33.8 Å². The Bertz CT molecular complexity index is 1440. The zero-order valence-corrected chi connectivity index (χ0v) is 21.2. The highest BCUT2D eigenvalue weighted by molar-refractivity contribution is 5.97. The minimum atomic E-state index is -6.13. The summed E-state index contributed by atoms with van der Waals surface area (Å²) in [4.78, 5) is 43.5. The van der Waals surface area contributed by atoms with Crippen molar-refractivity contribution in [3.63, 3.8) is 0 Å². The van der Waals surface area contributed by atoms with Crippen LogP contribution in [0, 0.1) is 0 Å². The molecule has 2 amide bonds. The van der Waals surface area contributed by atoms with Gasteiger partial charge in [-0.3, -0.25) is 14.4 Å². The van der Waals surface area contributed by atoms with Gasteiger partial charge in [0.25, 0.3) is 0 Å². The van der Waals surface area contributed by atoms with E-state index in [1.165, 1.54) is 11.1 Å². The molecule has 1 saturated heterocycles. The van der Waals surface area contributed by atoms with Crippen LogP contribution >= 0.6 is 0 Å². The molecule has 7 nitrogen and oxygen atoms in total. The summed E-state index contributed by atoms with van der Waals surface area (Å²) in [7, 11) is 0. The Morgan fingerprint density at radius 1 is 1.00 bits per heavy atom. The standard InChI is InChI=1S/C28H27F5N4O3/c29-27(30,28(31,32)33)24(38)21(13-18-15-34-20-9-4-3-8-19(18)20)36-25(39)23-10-5-11-37(23)26(40)22-12-16-6-1-2-7-17(16)14-35-22/h1-4,6-9,15,21-23,34-35H,5,10-14H2,(H,36,39)/t21?,22-,23?/m1/s1. The van der Waals surface area contributed by atoms with Crippen LogP contribution in [-0.4, -0.2) is 64.3 Å². The first kappa shape index (κ1) is 27.8. The molecule has 0 bridgehead atoms. The maximum absolute atomic E-state index is 14.2. The van der Waals surface area contributed by atoms with E-state index >= 15 is 0 Å². The maximum Gasteiger partial charge on any atom is 0.461 e. The number of hydrogen-bond acceptors (Lipinski definition) is 4. The SMILES string of the molecule is O=C(NC(Cc1c[nH]c2ccccc12)C(=O)C(F)(F)C(F)(F)F)C1CCCN1C(=O)[C@H]1Cc2ccccc2CN1. The summed E-state index contributed by atoms with van der Waals surface area (Å²) in [6.07, 6.45) is -4.31. The van der Waals surface area contributed by atoms with E-state index < -0.39 is 48.3 Å². The predicted octanol–water partition coefficient (Wildman–Crippen LogP) is 3.67. The van der Waals surface area contributed by atoms with Crippen LogP contribution in [0.5, 0.6) is 0 Å². The number of rotatable bonds is 7. The number of nitrogens with one attached hydrogen (secondary N) is 3. The van der Waals surface area contributed by atoms with E-state index in [-0.39, 0.29) is 24.4 Å². The van der Waals surface area contributed by atoms with Crippen molar-refractivity contribution in [1.82, 2.24) is 20.5 Å². The van der Waals surface area contributed by atoms with Crippen molar-refractivity contribution in [1.29, 1.82) is 0 Å². The molecule has 3 aromatic rings. The quantitative estimate of drug-likeness (QED) is 0.383. The number of amides is 2. The Labute approximate surface area is 226 Å². The first-order valence-electron chi connectivity index (χ1n) is 12.9. The Kier molecular flexibility index (Phi) is 7.38. The highest BCUT2D eigenvalue weighted by Crippen LogP contribution is 2.37. The summed E-state index contributed by atoms with van der Waals surface area (Å²) in [5, 5.41) is 5.82. The fourth-order valence-electron chi connectivity index (χ4n) is 5.49. The van der Waals surface area contributed by atoms with Crippen LogP contribution in [0.3, 0.4) is 0 Å². The molecule has 40 heavy (non-hydrogen) atoms. The van der Waals surface area contributed by atoms with Crippen molar-refractivity contribution >= 4 is 28.5 Å². The van der Waals surface area contributed by atoms with Gasteiger partial charge in [-0.1, -0.05) is 42.5 Å². The van der Waals surface area contributed by atoms with Gasteiger partial charge in [0.1, 0.15) is 6.04 Å². The molecule has 2 aromatic carbocycles. The van der Waals surface area contributed by atoms with Crippen molar-refractivity contribution in [2.45, 2.75) is 62.5 Å². The first-order chi connectivity index (χ1) is 19.0. The van der Waals surface area contributed by atoms with E-state index in [0.29, 0.717) is 30.3 Å². The number of hydrogen-bond donors (Lipinski definition) is 3. The summed E-state index contributed by atoms with van der Waals surface area (Å²) >= 11 is 0. The maximum atomic E-state index is 14.2. The van der Waals surface area contributed by atoms with Crippen molar-refractivity contribution in [3.05, 3.63) is 71.4 Å². The minimum absolute atomic E-state index is 0.185. The minimum Gasteiger partial charge on any atom is -0.361 e. The Hall–Kier alpha value is -3.80. The average Bonchev–Trinajstić information content (AvgIpc) is 3.59. The second-order valence-corrected chi connectivity index (χ2v) is 10.2. The number of para-hydroxylation sites is 1. The van der Waals surface area contributed by atoms with Crippen molar-refractivity contribution < 1.29 is 36.3 Å². The Morgan fingerprint density at radius 3 is 2.45 bits per heavy atom. The second-order valence-electron chi connectivity index (χ2n) is 10.2. The molecule has 3 atom stereocenters. The lowest BCUT2D eigenvalue weighted by molar-refractivity contribution is -0.269. The van der Waals surface area contributed by atoms with Gasteiger partial charge >= 0.3 is 12.1 Å². The van der Waals surface area contributed by atoms with Crippen LogP contribution in [0.2, 0.25) is 0 Å². The topological polar surface area (TPSA) is 94.3 Å². The number of halogens is 5. The van der Waals surface area contributed by atoms with Gasteiger partial charge in [-0.25, -0.2) is 0 Å². The Balaban J connectivity index is 1.36. The van der Waals surface area contributed by atoms with Crippen LogP contribution in [0.25, 0.3) is 10.9 Å². The van der Waals surface area contributed by atoms with Gasteiger partial charge in [-0.05, 0) is 42.0 Å². The molecule has 0 aliphatic carbocycles. The summed E-state index contributed by atoms with van der Waals surface area (Å²) in [6.45, 7) is 0.668. The van der Waals surface area contributed by atoms with Gasteiger partial charge < -0.3 is 20.5 Å². The fourth-order valence-corrected chi connectivity index (χ4v) is 5.49. The van der Waals surface area contributed by atoms with E-state index in [1.54, 1.807) is 24.3 Å². The number of aromatic amines is 1. The average molecular weight is 563 g/mol. The molecule has 0 spiro atoms. The number of Topliss-reactive ketones (excluding diaryl/α,β-unsaturated/α-hetero) is 1. The number of H-pyrrole nitrogens is 1. The van der Waals surface area contributed by atoms with E-state index in [9.17, 15) is 36.3 Å². The number of carbonyl (C=O) groups is 3. The fraction of sp³-hybridized carbons (Fsp3) is 0.393. The largest absolute Gasteiger partial charge is 0.461 e. The predicted molar refractivity (Wildman–Crippen MR) is 135 cm³/mol. The molecular formula is C28H27F5N4O3. The first-order valence-corrected chi connectivity index (χ1v) is 12.9. The van der Waals surface area contributed by atoms with Crippen LogP contribution in [0.4, 0.5) is 22.0 Å². The van der Waals surface area contributed by atoms with Gasteiger partial charge in [0.2, 0.25) is 17.6 Å². The van der Waals surface area contributed by atoms with Gasteiger partial charge in [0.05, 0.1) is 12.1 Å². The summed E-state index contributed by atoms with van der Waals surface area (Å²) < 4.78 is 67.8. The third kappa shape index (κ3) is 5.19. The van der Waals surface area contributed by atoms with Crippen molar-refractivity contribution in [3.8, 4) is 0 Å². The smallest absolute Gasteiger partial charge is 0.361 e. The highest BCUT2D eigenvalue weighted by Gasteiger charge is 2.64. The van der Waals surface area contributed by atoms with E-state index in [0.717, 1.165) is 11.1 Å². The normalized spacial score (nSPS) is 20.3. The summed E-state index contributed by atoms with van der Waals surface area (Å²) in [5.41, 5.74) is 2.91. The van der Waals surface area contributed by atoms with E-state index in [4.69, 9.17) is 0 Å². The molecule has 3 heterocycles. The summed E-state index contributed by atoms with van der Waals surface area (Å²) in [6, 6.07) is 10.3. The zero-order chi connectivity index (χ0) is 28.7. The molecular weight excluding hydrogens is 535 g/mol. The van der Waals surface area contributed by atoms with E-state index in [2.05, 4.69) is 15.6 Å². The molecule has 212 valence electrons. The van der Waals surface area contributed by atoms with Crippen molar-refractivity contribution in [2.24, 2.45) is 0 Å². The number of carbonyl (C=O) groups excluding carboxylic acids is 3. The van der Waals surface area contributed by atoms with Crippen LogP contribution in [0.15, 0.2) is 54.7 Å². The van der Waals surface area contributed by atoms with E-state index in [1.807, 2.05) is 24.3 Å². The third-order valence-electron chi connectivity index (χ3n) is 7.62. The number of fused-ring (bicyclic) bond motifs is 2. The molecule has 0 saturated carbocycles. The number of benzene rings is 2. The molecule has 1 aromatic heterocycles. The Morgan fingerprint density at radius 2 is 1.70 bits per heavy atom. The number of aromatic nitrogens is 1. The van der Waals surface area contributed by atoms with Crippen molar-refractivity contribution in [2.75, 3.05) is 6.54 Å². The lowest BCUT2D eigenvalue weighted by Crippen LogP contribution is -2.59.